The number of aryl methyl sites for hydroxylation is 2. The third-order valence-corrected chi connectivity index (χ3v) is 3.02. The average molecular weight is 256 g/mol. The van der Waals surface area contributed by atoms with Gasteiger partial charge in [0.1, 0.15) is 0 Å². The van der Waals surface area contributed by atoms with Crippen molar-refractivity contribution in [1.29, 1.82) is 0 Å². The number of carboxylic acids is 1. The molecule has 19 heavy (non-hydrogen) atoms. The summed E-state index contributed by atoms with van der Waals surface area (Å²) < 4.78 is 0. The minimum Gasteiger partial charge on any atom is -0.479 e. The van der Waals surface area contributed by atoms with Gasteiger partial charge in [-0.2, -0.15) is 0 Å². The molecule has 1 atom stereocenters. The minimum atomic E-state index is -1.50. The van der Waals surface area contributed by atoms with Crippen molar-refractivity contribution in [3.05, 3.63) is 59.2 Å². The predicted octanol–water partition coefficient (Wildman–Crippen LogP) is 3.09. The molecule has 98 valence electrons. The molecule has 2 N–H and O–H groups in total. The molecule has 0 aliphatic rings. The lowest BCUT2D eigenvalue weighted by molar-refractivity contribution is -0.146. The van der Waals surface area contributed by atoms with Gasteiger partial charge in [-0.15, -0.1) is 0 Å². The van der Waals surface area contributed by atoms with Gasteiger partial charge in [0.05, 0.1) is 0 Å². The van der Waals surface area contributed by atoms with Crippen molar-refractivity contribution >= 4 is 5.97 Å². The maximum absolute atomic E-state index is 11.0. The Morgan fingerprint density at radius 3 is 2.21 bits per heavy atom. The molecule has 0 heterocycles. The Morgan fingerprint density at radius 1 is 1.05 bits per heavy atom. The highest BCUT2D eigenvalue weighted by atomic mass is 16.4. The molecule has 2 aromatic carbocycles. The molecule has 0 amide bonds. The average Bonchev–Trinajstić information content (AvgIpc) is 2.36. The van der Waals surface area contributed by atoms with Crippen LogP contribution in [0.2, 0.25) is 0 Å². The van der Waals surface area contributed by atoms with E-state index in [1.165, 1.54) is 0 Å². The normalized spacial score (nSPS) is 12.2. The van der Waals surface area contributed by atoms with Gasteiger partial charge in [0.2, 0.25) is 0 Å². The van der Waals surface area contributed by atoms with E-state index in [9.17, 15) is 9.90 Å². The van der Waals surface area contributed by atoms with E-state index < -0.39 is 12.1 Å². The first kappa shape index (κ1) is 13.3. The number of aliphatic hydroxyl groups is 1. The number of hydrogen-bond donors (Lipinski definition) is 2. The summed E-state index contributed by atoms with van der Waals surface area (Å²) >= 11 is 0. The fraction of sp³-hybridized carbons (Fsp3) is 0.188. The predicted molar refractivity (Wildman–Crippen MR) is 73.9 cm³/mol. The van der Waals surface area contributed by atoms with Crippen molar-refractivity contribution in [3.63, 3.8) is 0 Å². The molecule has 0 aromatic heterocycles. The molecule has 3 nitrogen and oxygen atoms in total. The molecule has 0 spiro atoms. The van der Waals surface area contributed by atoms with Crippen LogP contribution < -0.4 is 0 Å². The van der Waals surface area contributed by atoms with E-state index in [0.717, 1.165) is 22.3 Å². The molecule has 0 aliphatic carbocycles. The molecule has 2 aromatic rings. The van der Waals surface area contributed by atoms with E-state index in [4.69, 9.17) is 5.11 Å². The Labute approximate surface area is 112 Å². The van der Waals surface area contributed by atoms with Crippen LogP contribution >= 0.6 is 0 Å². The molecule has 0 bridgehead atoms. The third kappa shape index (κ3) is 2.83. The maximum atomic E-state index is 11.0. The van der Waals surface area contributed by atoms with Crippen LogP contribution in [0.15, 0.2) is 42.5 Å². The molecule has 0 aliphatic heterocycles. The van der Waals surface area contributed by atoms with E-state index >= 15 is 0 Å². The zero-order valence-corrected chi connectivity index (χ0v) is 10.9. The van der Waals surface area contributed by atoms with Crippen LogP contribution in [0.3, 0.4) is 0 Å². The smallest absolute Gasteiger partial charge is 0.337 e. The van der Waals surface area contributed by atoms with Gasteiger partial charge in [0.15, 0.2) is 6.10 Å². The Hall–Kier alpha value is -2.13. The van der Waals surface area contributed by atoms with Crippen LogP contribution in [0, 0.1) is 13.8 Å². The zero-order valence-electron chi connectivity index (χ0n) is 10.9. The summed E-state index contributed by atoms with van der Waals surface area (Å²) in [6, 6.07) is 13.1. The summed E-state index contributed by atoms with van der Waals surface area (Å²) in [7, 11) is 0. The van der Waals surface area contributed by atoms with Crippen LogP contribution in [-0.2, 0) is 4.79 Å². The van der Waals surface area contributed by atoms with Crippen molar-refractivity contribution < 1.29 is 15.0 Å². The van der Waals surface area contributed by atoms with Gasteiger partial charge in [-0.25, -0.2) is 4.79 Å². The van der Waals surface area contributed by atoms with E-state index in [0.29, 0.717) is 5.56 Å². The Morgan fingerprint density at radius 2 is 1.63 bits per heavy atom. The maximum Gasteiger partial charge on any atom is 0.337 e. The summed E-state index contributed by atoms with van der Waals surface area (Å²) in [4.78, 5) is 11.0. The van der Waals surface area contributed by atoms with Gasteiger partial charge < -0.3 is 10.2 Å². The van der Waals surface area contributed by atoms with Crippen molar-refractivity contribution in [3.8, 4) is 11.1 Å². The van der Waals surface area contributed by atoms with Crippen LogP contribution in [0.5, 0.6) is 0 Å². The highest BCUT2D eigenvalue weighted by molar-refractivity contribution is 5.79. The first-order chi connectivity index (χ1) is 8.99. The minimum absolute atomic E-state index is 0.417. The standard InChI is InChI=1S/C16H16O3/c1-10-7-11(2)9-12(8-10)13-5-3-4-6-14(13)15(17)16(18)19/h3-9,15,17H,1-2H3,(H,18,19)/t15-/m0/s1. The fourth-order valence-corrected chi connectivity index (χ4v) is 2.26. The van der Waals surface area contributed by atoms with Gasteiger partial charge >= 0.3 is 5.97 Å². The number of aliphatic hydroxyl groups excluding tert-OH is 1. The Bertz CT molecular complexity index is 597. The second-order valence-corrected chi connectivity index (χ2v) is 4.70. The van der Waals surface area contributed by atoms with Crippen LogP contribution in [0.1, 0.15) is 22.8 Å². The van der Waals surface area contributed by atoms with E-state index in [1.807, 2.05) is 38.1 Å². The quantitative estimate of drug-likeness (QED) is 0.887. The number of rotatable bonds is 3. The number of carboxylic acid groups (broad SMARTS) is 1. The van der Waals surface area contributed by atoms with Crippen LogP contribution in [-0.4, -0.2) is 16.2 Å². The van der Waals surface area contributed by atoms with Gasteiger partial charge in [0.25, 0.3) is 0 Å². The zero-order chi connectivity index (χ0) is 14.0. The van der Waals surface area contributed by atoms with Crippen molar-refractivity contribution in [2.45, 2.75) is 20.0 Å². The molecule has 0 radical (unpaired) electrons. The lowest BCUT2D eigenvalue weighted by Gasteiger charge is -2.13. The van der Waals surface area contributed by atoms with Gasteiger partial charge in [-0.1, -0.05) is 53.6 Å². The van der Waals surface area contributed by atoms with Crippen molar-refractivity contribution in [2.24, 2.45) is 0 Å². The lowest BCUT2D eigenvalue weighted by Crippen LogP contribution is -2.11. The summed E-state index contributed by atoms with van der Waals surface area (Å²) in [6.45, 7) is 3.99. The largest absolute Gasteiger partial charge is 0.479 e. The third-order valence-electron chi connectivity index (χ3n) is 3.02. The molecular formula is C16H16O3. The monoisotopic (exact) mass is 256 g/mol. The molecule has 0 unspecified atom stereocenters. The van der Waals surface area contributed by atoms with Gasteiger partial charge in [-0.05, 0) is 30.5 Å². The summed E-state index contributed by atoms with van der Waals surface area (Å²) in [5, 5.41) is 18.7. The summed E-state index contributed by atoms with van der Waals surface area (Å²) in [5.74, 6) is -1.24. The molecule has 0 saturated carbocycles. The molecule has 2 rings (SSSR count). The molecular weight excluding hydrogens is 240 g/mol. The van der Waals surface area contributed by atoms with Gasteiger partial charge in [0, 0.05) is 0 Å². The number of benzene rings is 2. The van der Waals surface area contributed by atoms with Crippen LogP contribution in [0.4, 0.5) is 0 Å². The van der Waals surface area contributed by atoms with E-state index in [2.05, 4.69) is 6.07 Å². The van der Waals surface area contributed by atoms with E-state index in [1.54, 1.807) is 12.1 Å². The van der Waals surface area contributed by atoms with Crippen molar-refractivity contribution in [2.75, 3.05) is 0 Å². The molecule has 0 saturated heterocycles. The van der Waals surface area contributed by atoms with Crippen LogP contribution in [0.25, 0.3) is 11.1 Å². The first-order valence-electron chi connectivity index (χ1n) is 6.07. The summed E-state index contributed by atoms with van der Waals surface area (Å²) in [6.07, 6.45) is -1.50. The lowest BCUT2D eigenvalue weighted by atomic mass is 9.94. The van der Waals surface area contributed by atoms with Gasteiger partial charge in [-0.3, -0.25) is 0 Å². The Balaban J connectivity index is 2.59. The fourth-order valence-electron chi connectivity index (χ4n) is 2.26. The highest BCUT2D eigenvalue weighted by Gasteiger charge is 2.19. The van der Waals surface area contributed by atoms with E-state index in [-0.39, 0.29) is 0 Å². The Kier molecular flexibility index (Phi) is 3.67. The number of hydrogen-bond acceptors (Lipinski definition) is 2. The topological polar surface area (TPSA) is 57.5 Å². The number of aliphatic carboxylic acids is 1. The molecule has 3 heteroatoms. The first-order valence-corrected chi connectivity index (χ1v) is 6.07. The second-order valence-electron chi connectivity index (χ2n) is 4.70. The SMILES string of the molecule is Cc1cc(C)cc(-c2ccccc2[C@H](O)C(=O)O)c1. The second kappa shape index (κ2) is 5.24. The highest BCUT2D eigenvalue weighted by Crippen LogP contribution is 2.29. The number of carbonyl (C=O) groups is 1. The molecule has 0 fully saturated rings. The van der Waals surface area contributed by atoms with Crippen molar-refractivity contribution in [1.82, 2.24) is 0 Å². The summed E-state index contributed by atoms with van der Waals surface area (Å²) in [5.41, 5.74) is 4.31.